The Morgan fingerprint density at radius 1 is 1.53 bits per heavy atom. The van der Waals surface area contributed by atoms with Gasteiger partial charge in [-0.1, -0.05) is 6.07 Å². The average molecular weight is 251 g/mol. The van der Waals surface area contributed by atoms with Gasteiger partial charge in [0.15, 0.2) is 0 Å². The van der Waals surface area contributed by atoms with Crippen molar-refractivity contribution < 1.29 is 4.79 Å². The average Bonchev–Trinajstić information content (AvgIpc) is 2.32. The summed E-state index contributed by atoms with van der Waals surface area (Å²) in [6.07, 6.45) is 0. The van der Waals surface area contributed by atoms with Gasteiger partial charge >= 0.3 is 0 Å². The molecular formula is C12H17N3OS. The molecule has 0 saturated heterocycles. The van der Waals surface area contributed by atoms with Gasteiger partial charge in [0.2, 0.25) is 5.91 Å². The zero-order valence-corrected chi connectivity index (χ0v) is 10.7. The Morgan fingerprint density at radius 3 is 2.94 bits per heavy atom. The van der Waals surface area contributed by atoms with Crippen LogP contribution in [0, 0.1) is 0 Å². The second-order valence-electron chi connectivity index (χ2n) is 4.28. The van der Waals surface area contributed by atoms with E-state index >= 15 is 0 Å². The van der Waals surface area contributed by atoms with Crippen LogP contribution >= 0.6 is 11.8 Å². The summed E-state index contributed by atoms with van der Waals surface area (Å²) in [7, 11) is 0. The molecular weight excluding hydrogens is 234 g/mol. The fourth-order valence-electron chi connectivity index (χ4n) is 1.86. The number of nitrogens with zero attached hydrogens (tertiary/aromatic N) is 1. The second kappa shape index (κ2) is 5.08. The van der Waals surface area contributed by atoms with Crippen LogP contribution in [0.25, 0.3) is 0 Å². The normalized spacial score (nSPS) is 16.9. The second-order valence-corrected chi connectivity index (χ2v) is 5.29. The minimum atomic E-state index is -0.0311. The Bertz CT molecular complexity index is 434. The molecule has 1 unspecified atom stereocenters. The summed E-state index contributed by atoms with van der Waals surface area (Å²) in [6.45, 7) is 2.94. The van der Waals surface area contributed by atoms with Crippen molar-refractivity contribution in [3.8, 4) is 0 Å². The SMILES string of the molecule is CC(N)CN1C(=O)CSc2ccc(CN)cc21. The number of benzene rings is 1. The first-order chi connectivity index (χ1) is 8.11. The highest BCUT2D eigenvalue weighted by molar-refractivity contribution is 8.00. The molecule has 1 amide bonds. The van der Waals surface area contributed by atoms with Gasteiger partial charge < -0.3 is 16.4 Å². The van der Waals surface area contributed by atoms with Crippen LogP contribution in [0.1, 0.15) is 12.5 Å². The fraction of sp³-hybridized carbons (Fsp3) is 0.417. The maximum atomic E-state index is 11.9. The van der Waals surface area contributed by atoms with Crippen molar-refractivity contribution in [2.24, 2.45) is 11.5 Å². The minimum absolute atomic E-state index is 0.0311. The zero-order valence-electron chi connectivity index (χ0n) is 9.85. The van der Waals surface area contributed by atoms with Crippen LogP contribution in [0.5, 0.6) is 0 Å². The summed E-state index contributed by atoms with van der Waals surface area (Å²) >= 11 is 1.57. The molecule has 92 valence electrons. The number of anilines is 1. The third kappa shape index (κ3) is 2.62. The summed E-state index contributed by atoms with van der Waals surface area (Å²) < 4.78 is 0. The van der Waals surface area contributed by atoms with E-state index in [0.717, 1.165) is 16.1 Å². The lowest BCUT2D eigenvalue weighted by Crippen LogP contribution is -2.42. The van der Waals surface area contributed by atoms with Crippen LogP contribution in [0.4, 0.5) is 5.69 Å². The Balaban J connectivity index is 2.37. The maximum absolute atomic E-state index is 11.9. The van der Waals surface area contributed by atoms with Gasteiger partial charge in [0.1, 0.15) is 0 Å². The van der Waals surface area contributed by atoms with E-state index in [9.17, 15) is 4.79 Å². The molecule has 0 saturated carbocycles. The quantitative estimate of drug-likeness (QED) is 0.838. The lowest BCUT2D eigenvalue weighted by atomic mass is 10.1. The van der Waals surface area contributed by atoms with Crippen LogP contribution in [0.2, 0.25) is 0 Å². The third-order valence-electron chi connectivity index (χ3n) is 2.67. The monoisotopic (exact) mass is 251 g/mol. The number of carbonyl (C=O) groups is 1. The Kier molecular flexibility index (Phi) is 3.71. The van der Waals surface area contributed by atoms with Crippen molar-refractivity contribution in [1.82, 2.24) is 0 Å². The van der Waals surface area contributed by atoms with Crippen LogP contribution in [0.15, 0.2) is 23.1 Å². The molecule has 1 aliphatic heterocycles. The van der Waals surface area contributed by atoms with E-state index in [1.54, 1.807) is 16.7 Å². The van der Waals surface area contributed by atoms with E-state index in [1.165, 1.54) is 0 Å². The Labute approximate surface area is 105 Å². The molecule has 1 aliphatic rings. The summed E-state index contributed by atoms with van der Waals surface area (Å²) in [5.74, 6) is 0.607. The van der Waals surface area contributed by atoms with Crippen molar-refractivity contribution in [1.29, 1.82) is 0 Å². The van der Waals surface area contributed by atoms with Gasteiger partial charge in [-0.15, -0.1) is 11.8 Å². The predicted octanol–water partition coefficient (Wildman–Crippen LogP) is 0.931. The molecule has 17 heavy (non-hydrogen) atoms. The van der Waals surface area contributed by atoms with Gasteiger partial charge in [0, 0.05) is 24.0 Å². The van der Waals surface area contributed by atoms with Crippen molar-refractivity contribution in [2.45, 2.75) is 24.4 Å². The molecule has 1 heterocycles. The van der Waals surface area contributed by atoms with Gasteiger partial charge in [0.25, 0.3) is 0 Å². The summed E-state index contributed by atoms with van der Waals surface area (Å²) in [5.41, 5.74) is 13.4. The van der Waals surface area contributed by atoms with E-state index in [0.29, 0.717) is 18.8 Å². The molecule has 2 rings (SSSR count). The fourth-order valence-corrected chi connectivity index (χ4v) is 2.78. The van der Waals surface area contributed by atoms with Crippen molar-refractivity contribution in [3.05, 3.63) is 23.8 Å². The number of hydrogen-bond acceptors (Lipinski definition) is 4. The lowest BCUT2D eigenvalue weighted by Gasteiger charge is -2.30. The number of thioether (sulfide) groups is 1. The number of fused-ring (bicyclic) bond motifs is 1. The first-order valence-corrected chi connectivity index (χ1v) is 6.62. The van der Waals surface area contributed by atoms with Crippen molar-refractivity contribution >= 4 is 23.4 Å². The molecule has 0 aromatic heterocycles. The molecule has 1 aromatic carbocycles. The molecule has 4 N–H and O–H groups in total. The minimum Gasteiger partial charge on any atom is -0.326 e. The van der Waals surface area contributed by atoms with Gasteiger partial charge in [0.05, 0.1) is 11.4 Å². The highest BCUT2D eigenvalue weighted by Crippen LogP contribution is 2.35. The molecule has 1 atom stereocenters. The highest BCUT2D eigenvalue weighted by Gasteiger charge is 2.25. The van der Waals surface area contributed by atoms with E-state index in [2.05, 4.69) is 0 Å². The van der Waals surface area contributed by atoms with Crippen LogP contribution < -0.4 is 16.4 Å². The van der Waals surface area contributed by atoms with Gasteiger partial charge in [-0.05, 0) is 24.6 Å². The summed E-state index contributed by atoms with van der Waals surface area (Å²) in [5, 5.41) is 0. The summed E-state index contributed by atoms with van der Waals surface area (Å²) in [6, 6.07) is 5.99. The van der Waals surface area contributed by atoms with Crippen LogP contribution in [-0.2, 0) is 11.3 Å². The summed E-state index contributed by atoms with van der Waals surface area (Å²) in [4.78, 5) is 14.8. The maximum Gasteiger partial charge on any atom is 0.237 e. The molecule has 5 heteroatoms. The van der Waals surface area contributed by atoms with Crippen LogP contribution in [-0.4, -0.2) is 24.2 Å². The van der Waals surface area contributed by atoms with Crippen molar-refractivity contribution in [2.75, 3.05) is 17.2 Å². The van der Waals surface area contributed by atoms with E-state index < -0.39 is 0 Å². The Morgan fingerprint density at radius 2 is 2.29 bits per heavy atom. The third-order valence-corrected chi connectivity index (χ3v) is 3.72. The molecule has 0 spiro atoms. The van der Waals surface area contributed by atoms with Gasteiger partial charge in [-0.3, -0.25) is 4.79 Å². The van der Waals surface area contributed by atoms with Crippen molar-refractivity contribution in [3.63, 3.8) is 0 Å². The zero-order chi connectivity index (χ0) is 12.4. The molecule has 4 nitrogen and oxygen atoms in total. The van der Waals surface area contributed by atoms with Gasteiger partial charge in [-0.2, -0.15) is 0 Å². The lowest BCUT2D eigenvalue weighted by molar-refractivity contribution is -0.116. The number of rotatable bonds is 3. The van der Waals surface area contributed by atoms with Gasteiger partial charge in [-0.25, -0.2) is 0 Å². The molecule has 0 fully saturated rings. The number of carbonyl (C=O) groups excluding carboxylic acids is 1. The number of amides is 1. The number of hydrogen-bond donors (Lipinski definition) is 2. The molecule has 0 aliphatic carbocycles. The first kappa shape index (κ1) is 12.4. The standard InChI is InChI=1S/C12H17N3OS/c1-8(14)6-15-10-4-9(5-13)2-3-11(10)17-7-12(15)16/h2-4,8H,5-7,13-14H2,1H3. The van der Waals surface area contributed by atoms with E-state index in [4.69, 9.17) is 11.5 Å². The van der Waals surface area contributed by atoms with E-state index in [-0.39, 0.29) is 11.9 Å². The Hall–Kier alpha value is -1.04. The largest absolute Gasteiger partial charge is 0.326 e. The van der Waals surface area contributed by atoms with E-state index in [1.807, 2.05) is 25.1 Å². The predicted molar refractivity (Wildman–Crippen MR) is 71.1 cm³/mol. The highest BCUT2D eigenvalue weighted by atomic mass is 32.2. The molecule has 0 radical (unpaired) electrons. The topological polar surface area (TPSA) is 72.3 Å². The number of nitrogens with two attached hydrogens (primary N) is 2. The molecule has 1 aromatic rings. The van der Waals surface area contributed by atoms with Crippen LogP contribution in [0.3, 0.4) is 0 Å². The molecule has 0 bridgehead atoms. The first-order valence-electron chi connectivity index (χ1n) is 5.63. The smallest absolute Gasteiger partial charge is 0.237 e.